The number of morpholine rings is 1. The molecule has 7 nitrogen and oxygen atoms in total. The van der Waals surface area contributed by atoms with Crippen molar-refractivity contribution < 1.29 is 24.2 Å². The van der Waals surface area contributed by atoms with Crippen molar-refractivity contribution in [2.24, 2.45) is 0 Å². The van der Waals surface area contributed by atoms with Gasteiger partial charge in [0.1, 0.15) is 12.4 Å². The van der Waals surface area contributed by atoms with Gasteiger partial charge in [-0.25, -0.2) is 4.79 Å². The number of ether oxygens (including phenoxy) is 2. The molecule has 1 fully saturated rings. The fraction of sp³-hybridized carbons (Fsp3) is 0.300. The molecule has 7 heteroatoms. The molecule has 0 unspecified atom stereocenters. The van der Waals surface area contributed by atoms with E-state index < -0.39 is 6.09 Å². The van der Waals surface area contributed by atoms with E-state index in [4.69, 9.17) is 9.47 Å². The van der Waals surface area contributed by atoms with Gasteiger partial charge in [0.15, 0.2) is 0 Å². The molecule has 0 aromatic heterocycles. The smallest absolute Gasteiger partial charge is 0.410 e. The molecule has 2 amide bonds. The number of nitrogens with one attached hydrogen (secondary N) is 1. The van der Waals surface area contributed by atoms with E-state index in [0.29, 0.717) is 25.3 Å². The molecule has 1 saturated heterocycles. The number of amides is 2. The molecule has 0 aliphatic carbocycles. The lowest BCUT2D eigenvalue weighted by Crippen LogP contribution is -2.49. The van der Waals surface area contributed by atoms with Gasteiger partial charge in [0.25, 0.3) is 5.91 Å². The number of benzene rings is 2. The molecule has 0 radical (unpaired) electrons. The number of hydrogen-bond acceptors (Lipinski definition) is 5. The van der Waals surface area contributed by atoms with Crippen molar-refractivity contribution in [2.45, 2.75) is 12.7 Å². The fourth-order valence-corrected chi connectivity index (χ4v) is 2.74. The van der Waals surface area contributed by atoms with Crippen molar-refractivity contribution in [1.82, 2.24) is 10.2 Å². The first-order valence-corrected chi connectivity index (χ1v) is 8.76. The van der Waals surface area contributed by atoms with E-state index in [-0.39, 0.29) is 30.9 Å². The summed E-state index contributed by atoms with van der Waals surface area (Å²) in [6.45, 7) is 1.70. The minimum absolute atomic E-state index is 0.104. The zero-order valence-electron chi connectivity index (χ0n) is 14.8. The van der Waals surface area contributed by atoms with Gasteiger partial charge in [-0.2, -0.15) is 0 Å². The Balaban J connectivity index is 1.45. The largest absolute Gasteiger partial charge is 0.508 e. The molecule has 2 N–H and O–H groups in total. The second-order valence-corrected chi connectivity index (χ2v) is 6.24. The van der Waals surface area contributed by atoms with Crippen LogP contribution in [0.2, 0.25) is 0 Å². The average Bonchev–Trinajstić information content (AvgIpc) is 2.71. The maximum absolute atomic E-state index is 12.2. The molecular weight excluding hydrogens is 348 g/mol. The SMILES string of the molecule is O=C(NC[C@H]1CN(C(=O)OCc2ccccc2)CCO1)c1ccc(O)cc1. The highest BCUT2D eigenvalue weighted by molar-refractivity contribution is 5.94. The summed E-state index contributed by atoms with van der Waals surface area (Å²) in [5.41, 5.74) is 1.37. The van der Waals surface area contributed by atoms with E-state index >= 15 is 0 Å². The quantitative estimate of drug-likeness (QED) is 0.842. The maximum Gasteiger partial charge on any atom is 0.410 e. The van der Waals surface area contributed by atoms with Crippen LogP contribution in [0.4, 0.5) is 4.79 Å². The molecule has 142 valence electrons. The molecule has 0 spiro atoms. The van der Waals surface area contributed by atoms with Gasteiger partial charge in [0, 0.05) is 18.7 Å². The van der Waals surface area contributed by atoms with E-state index in [1.807, 2.05) is 30.3 Å². The van der Waals surface area contributed by atoms with Crippen LogP contribution in [0, 0.1) is 0 Å². The molecule has 0 saturated carbocycles. The third-order valence-electron chi connectivity index (χ3n) is 4.22. The van der Waals surface area contributed by atoms with Gasteiger partial charge >= 0.3 is 6.09 Å². The van der Waals surface area contributed by atoms with Crippen LogP contribution < -0.4 is 5.32 Å². The van der Waals surface area contributed by atoms with Gasteiger partial charge in [0.2, 0.25) is 0 Å². The van der Waals surface area contributed by atoms with E-state index in [9.17, 15) is 14.7 Å². The lowest BCUT2D eigenvalue weighted by Gasteiger charge is -2.32. The molecule has 2 aromatic rings. The Morgan fingerprint density at radius 3 is 2.63 bits per heavy atom. The highest BCUT2D eigenvalue weighted by atomic mass is 16.6. The van der Waals surface area contributed by atoms with E-state index in [1.54, 1.807) is 17.0 Å². The number of rotatable bonds is 5. The molecule has 1 aliphatic rings. The van der Waals surface area contributed by atoms with Crippen LogP contribution in [0.1, 0.15) is 15.9 Å². The van der Waals surface area contributed by atoms with Gasteiger partial charge < -0.3 is 24.8 Å². The number of hydrogen-bond donors (Lipinski definition) is 2. The van der Waals surface area contributed by atoms with Crippen molar-refractivity contribution >= 4 is 12.0 Å². The summed E-state index contributed by atoms with van der Waals surface area (Å²) in [5, 5.41) is 12.0. The Bertz CT molecular complexity index is 764. The minimum atomic E-state index is -0.392. The Hall–Kier alpha value is -3.06. The first-order chi connectivity index (χ1) is 13.1. The molecule has 0 bridgehead atoms. The summed E-state index contributed by atoms with van der Waals surface area (Å²) >= 11 is 0. The third-order valence-corrected chi connectivity index (χ3v) is 4.22. The third kappa shape index (κ3) is 5.46. The summed E-state index contributed by atoms with van der Waals surface area (Å²) in [4.78, 5) is 26.0. The zero-order chi connectivity index (χ0) is 19.1. The maximum atomic E-state index is 12.2. The summed E-state index contributed by atoms with van der Waals surface area (Å²) in [6, 6.07) is 15.5. The van der Waals surface area contributed by atoms with Crippen molar-refractivity contribution in [2.75, 3.05) is 26.2 Å². The van der Waals surface area contributed by atoms with Crippen molar-refractivity contribution in [3.05, 3.63) is 65.7 Å². The normalized spacial score (nSPS) is 16.6. The molecule has 1 atom stereocenters. The topological polar surface area (TPSA) is 88.1 Å². The van der Waals surface area contributed by atoms with Crippen molar-refractivity contribution in [3.63, 3.8) is 0 Å². The van der Waals surface area contributed by atoms with Gasteiger partial charge in [-0.15, -0.1) is 0 Å². The standard InChI is InChI=1S/C20H22N2O5/c23-17-8-6-16(7-9-17)19(24)21-12-18-13-22(10-11-26-18)20(25)27-14-15-4-2-1-3-5-15/h1-9,18,23H,10-14H2,(H,21,24)/t18-/m0/s1. The molecular formula is C20H22N2O5. The Morgan fingerprint density at radius 1 is 1.15 bits per heavy atom. The summed E-state index contributed by atoms with van der Waals surface area (Å²) in [7, 11) is 0. The second-order valence-electron chi connectivity index (χ2n) is 6.24. The van der Waals surface area contributed by atoms with Crippen molar-refractivity contribution in [1.29, 1.82) is 0 Å². The van der Waals surface area contributed by atoms with Crippen LogP contribution in [0.15, 0.2) is 54.6 Å². The number of aromatic hydroxyl groups is 1. The lowest BCUT2D eigenvalue weighted by atomic mass is 10.2. The molecule has 2 aromatic carbocycles. The Morgan fingerprint density at radius 2 is 1.89 bits per heavy atom. The fourth-order valence-electron chi connectivity index (χ4n) is 2.74. The molecule has 27 heavy (non-hydrogen) atoms. The van der Waals surface area contributed by atoms with Gasteiger partial charge in [-0.05, 0) is 29.8 Å². The molecule has 3 rings (SSSR count). The zero-order valence-corrected chi connectivity index (χ0v) is 14.8. The van der Waals surface area contributed by atoms with Crippen LogP contribution in [0.25, 0.3) is 0 Å². The van der Waals surface area contributed by atoms with E-state index in [0.717, 1.165) is 5.56 Å². The number of nitrogens with zero attached hydrogens (tertiary/aromatic N) is 1. The average molecular weight is 370 g/mol. The first-order valence-electron chi connectivity index (χ1n) is 8.76. The number of carbonyl (C=O) groups is 2. The van der Waals surface area contributed by atoms with E-state index in [2.05, 4.69) is 5.32 Å². The summed E-state index contributed by atoms with van der Waals surface area (Å²) < 4.78 is 11.0. The van der Waals surface area contributed by atoms with Gasteiger partial charge in [-0.3, -0.25) is 4.79 Å². The predicted octanol–water partition coefficient (Wildman–Crippen LogP) is 2.16. The summed E-state index contributed by atoms with van der Waals surface area (Å²) in [6.07, 6.45) is -0.693. The van der Waals surface area contributed by atoms with E-state index in [1.165, 1.54) is 12.1 Å². The lowest BCUT2D eigenvalue weighted by molar-refractivity contribution is -0.0263. The monoisotopic (exact) mass is 370 g/mol. The second kappa shape index (κ2) is 9.05. The number of phenols is 1. The van der Waals surface area contributed by atoms with Crippen LogP contribution in [0.3, 0.4) is 0 Å². The highest BCUT2D eigenvalue weighted by Crippen LogP contribution is 2.11. The highest BCUT2D eigenvalue weighted by Gasteiger charge is 2.25. The van der Waals surface area contributed by atoms with Crippen LogP contribution in [-0.4, -0.2) is 54.4 Å². The molecule has 1 heterocycles. The summed E-state index contributed by atoms with van der Waals surface area (Å²) in [5.74, 6) is -0.158. The van der Waals surface area contributed by atoms with Gasteiger partial charge in [-0.1, -0.05) is 30.3 Å². The first kappa shape index (κ1) is 18.7. The van der Waals surface area contributed by atoms with Crippen molar-refractivity contribution in [3.8, 4) is 5.75 Å². The Kier molecular flexibility index (Phi) is 6.27. The number of carbonyl (C=O) groups excluding carboxylic acids is 2. The molecule has 1 aliphatic heterocycles. The van der Waals surface area contributed by atoms with Gasteiger partial charge in [0.05, 0.1) is 19.3 Å². The Labute approximate surface area is 157 Å². The van der Waals surface area contributed by atoms with Crippen LogP contribution >= 0.6 is 0 Å². The van der Waals surface area contributed by atoms with Crippen LogP contribution in [0.5, 0.6) is 5.75 Å². The van der Waals surface area contributed by atoms with Crippen LogP contribution in [-0.2, 0) is 16.1 Å². The minimum Gasteiger partial charge on any atom is -0.508 e. The predicted molar refractivity (Wildman–Crippen MR) is 98.4 cm³/mol. The number of phenolic OH excluding ortho intramolecular Hbond substituents is 1.